The molecular formula is C22H11N4NaO2. The van der Waals surface area contributed by atoms with Gasteiger partial charge in [0.25, 0.3) is 5.70 Å². The summed E-state index contributed by atoms with van der Waals surface area (Å²) in [5.74, 6) is -1.34. The first-order chi connectivity index (χ1) is 13.6. The van der Waals surface area contributed by atoms with Crippen LogP contribution in [0, 0.1) is 29.2 Å². The van der Waals surface area contributed by atoms with E-state index in [9.17, 15) is 20.4 Å². The number of allylic oxidation sites excluding steroid dienone is 3. The zero-order valence-electron chi connectivity index (χ0n) is 15.4. The van der Waals surface area contributed by atoms with Crippen molar-refractivity contribution in [1.82, 2.24) is 4.98 Å². The van der Waals surface area contributed by atoms with Crippen molar-refractivity contribution in [2.75, 3.05) is 0 Å². The van der Waals surface area contributed by atoms with Crippen LogP contribution in [0.15, 0.2) is 66.0 Å². The summed E-state index contributed by atoms with van der Waals surface area (Å²) in [7, 11) is 0. The number of nitrogens with one attached hydrogen (secondary N) is 1. The van der Waals surface area contributed by atoms with Crippen LogP contribution in [0.2, 0.25) is 0 Å². The van der Waals surface area contributed by atoms with Gasteiger partial charge < -0.3 is 14.9 Å². The van der Waals surface area contributed by atoms with Gasteiger partial charge in [-0.05, 0) is 23.3 Å². The summed E-state index contributed by atoms with van der Waals surface area (Å²) in [5, 5.41) is 31.0. The molecule has 0 saturated heterocycles. The van der Waals surface area contributed by atoms with E-state index >= 15 is 0 Å². The number of carbonyl (C=O) groups excluding carboxylic acids is 1. The number of carboxylic acids is 1. The maximum Gasteiger partial charge on any atom is 1.00 e. The van der Waals surface area contributed by atoms with Crippen LogP contribution in [0.25, 0.3) is 27.4 Å². The fourth-order valence-corrected chi connectivity index (χ4v) is 2.86. The number of carbonyl (C=O) groups is 1. The number of H-pyrrole nitrogens is 1. The molecule has 132 valence electrons. The van der Waals surface area contributed by atoms with Crippen LogP contribution in [0.4, 0.5) is 0 Å². The van der Waals surface area contributed by atoms with Crippen LogP contribution in [0.5, 0.6) is 0 Å². The summed E-state index contributed by atoms with van der Waals surface area (Å²) in [5.41, 5.74) is 2.00. The predicted molar refractivity (Wildman–Crippen MR) is 102 cm³/mol. The van der Waals surface area contributed by atoms with E-state index in [0.29, 0.717) is 5.56 Å². The van der Waals surface area contributed by atoms with Crippen LogP contribution < -0.4 is 34.7 Å². The summed E-state index contributed by atoms with van der Waals surface area (Å²) in [6.07, 6.45) is 3.34. The SMILES string of the molecule is [C-]#[N+]/C(C#N)=C(/C(C#N)=C/c1c[nH]c2ccccc12)c1ccc(C(=O)[O-])cc1.[Na+]. The molecule has 0 spiro atoms. The molecule has 0 radical (unpaired) electrons. The Kier molecular flexibility index (Phi) is 7.15. The minimum atomic E-state index is -1.34. The predicted octanol–water partition coefficient (Wildman–Crippen LogP) is 0.297. The Labute approximate surface area is 189 Å². The Hall–Kier alpha value is -3.60. The number of benzene rings is 2. The van der Waals surface area contributed by atoms with Crippen molar-refractivity contribution in [3.8, 4) is 12.1 Å². The van der Waals surface area contributed by atoms with E-state index in [-0.39, 0.29) is 52.0 Å². The Balaban J connectivity index is 0.00000300. The van der Waals surface area contributed by atoms with Crippen LogP contribution >= 0.6 is 0 Å². The van der Waals surface area contributed by atoms with Crippen molar-refractivity contribution < 1.29 is 39.5 Å². The Bertz CT molecular complexity index is 1250. The smallest absolute Gasteiger partial charge is 0.545 e. The topological polar surface area (TPSA) is 108 Å². The number of hydrogen-bond acceptors (Lipinski definition) is 4. The molecule has 0 atom stereocenters. The number of aromatic carboxylic acids is 1. The average molecular weight is 386 g/mol. The van der Waals surface area contributed by atoms with Crippen LogP contribution in [-0.4, -0.2) is 11.0 Å². The second-order valence-corrected chi connectivity index (χ2v) is 5.77. The minimum absolute atomic E-state index is 0. The van der Waals surface area contributed by atoms with E-state index < -0.39 is 5.97 Å². The minimum Gasteiger partial charge on any atom is -0.545 e. The number of aromatic nitrogens is 1. The van der Waals surface area contributed by atoms with Crippen molar-refractivity contribution in [2.45, 2.75) is 0 Å². The third-order valence-corrected chi connectivity index (χ3v) is 4.17. The van der Waals surface area contributed by atoms with Gasteiger partial charge in [0.1, 0.15) is 0 Å². The maximum atomic E-state index is 11.0. The van der Waals surface area contributed by atoms with Gasteiger partial charge in [0, 0.05) is 28.2 Å². The second kappa shape index (κ2) is 9.55. The van der Waals surface area contributed by atoms with Crippen molar-refractivity contribution >= 4 is 28.5 Å². The van der Waals surface area contributed by atoms with E-state index in [0.717, 1.165) is 16.5 Å². The Morgan fingerprint density at radius 2 is 1.72 bits per heavy atom. The standard InChI is InChI=1S/C22H12N4O2.Na/c1-25-20(12-24)21(14-6-8-15(9-7-14)22(27)28)16(11-23)10-17-13-26-19-5-3-2-4-18(17)19;/h2-10,13,26H,(H,27,28);/q;+1/p-1/b16-10+,21-20+;. The third kappa shape index (κ3) is 4.46. The molecule has 1 aromatic heterocycles. The maximum absolute atomic E-state index is 11.0. The second-order valence-electron chi connectivity index (χ2n) is 5.77. The summed E-state index contributed by atoms with van der Waals surface area (Å²) in [6, 6.07) is 16.9. The summed E-state index contributed by atoms with van der Waals surface area (Å²) < 4.78 is 0. The first-order valence-electron chi connectivity index (χ1n) is 8.11. The monoisotopic (exact) mass is 386 g/mol. The first kappa shape index (κ1) is 21.7. The fourth-order valence-electron chi connectivity index (χ4n) is 2.86. The largest absolute Gasteiger partial charge is 1.00 e. The van der Waals surface area contributed by atoms with Gasteiger partial charge in [-0.1, -0.05) is 42.5 Å². The van der Waals surface area contributed by atoms with Crippen LogP contribution in [0.3, 0.4) is 0 Å². The van der Waals surface area contributed by atoms with Crippen molar-refractivity contribution in [3.63, 3.8) is 0 Å². The Morgan fingerprint density at radius 3 is 2.31 bits per heavy atom. The summed E-state index contributed by atoms with van der Waals surface area (Å²) >= 11 is 0. The molecule has 7 heteroatoms. The van der Waals surface area contributed by atoms with E-state index in [1.54, 1.807) is 12.3 Å². The van der Waals surface area contributed by atoms with Crippen molar-refractivity contribution in [1.29, 1.82) is 10.5 Å². The third-order valence-electron chi connectivity index (χ3n) is 4.17. The molecule has 0 amide bonds. The molecule has 3 rings (SSSR count). The van der Waals surface area contributed by atoms with E-state index in [2.05, 4.69) is 15.9 Å². The zero-order valence-corrected chi connectivity index (χ0v) is 17.4. The molecule has 0 aliphatic heterocycles. The quantitative estimate of drug-likeness (QED) is 0.301. The van der Waals surface area contributed by atoms with E-state index in [1.807, 2.05) is 30.3 Å². The molecule has 0 saturated carbocycles. The van der Waals surface area contributed by atoms with Gasteiger partial charge >= 0.3 is 29.6 Å². The first-order valence-corrected chi connectivity index (χ1v) is 8.11. The molecule has 6 nitrogen and oxygen atoms in total. The molecule has 2 aromatic carbocycles. The molecule has 0 fully saturated rings. The van der Waals surface area contributed by atoms with E-state index in [4.69, 9.17) is 6.57 Å². The molecule has 3 aromatic rings. The number of rotatable bonds is 4. The van der Waals surface area contributed by atoms with Gasteiger partial charge in [-0.15, -0.1) is 0 Å². The van der Waals surface area contributed by atoms with Gasteiger partial charge in [0.15, 0.2) is 0 Å². The summed E-state index contributed by atoms with van der Waals surface area (Å²) in [6.45, 7) is 7.30. The van der Waals surface area contributed by atoms with Crippen LogP contribution in [0.1, 0.15) is 21.5 Å². The summed E-state index contributed by atoms with van der Waals surface area (Å²) in [4.78, 5) is 17.3. The molecule has 0 aliphatic carbocycles. The van der Waals surface area contributed by atoms with Gasteiger partial charge in [-0.3, -0.25) is 0 Å². The van der Waals surface area contributed by atoms with E-state index in [1.165, 1.54) is 24.3 Å². The number of nitriles is 2. The molecular weight excluding hydrogens is 375 g/mol. The zero-order chi connectivity index (χ0) is 20.1. The Morgan fingerprint density at radius 1 is 1.07 bits per heavy atom. The number of hydrogen-bond donors (Lipinski definition) is 1. The molecule has 29 heavy (non-hydrogen) atoms. The molecule has 1 N–H and O–H groups in total. The molecule has 0 unspecified atom stereocenters. The van der Waals surface area contributed by atoms with Gasteiger partial charge in [-0.25, -0.2) is 10.1 Å². The van der Waals surface area contributed by atoms with Gasteiger partial charge in [-0.2, -0.15) is 5.26 Å². The van der Waals surface area contributed by atoms with Crippen LogP contribution in [-0.2, 0) is 0 Å². The molecule has 0 bridgehead atoms. The van der Waals surface area contributed by atoms with Crippen molar-refractivity contribution in [2.24, 2.45) is 0 Å². The molecule has 0 aliphatic rings. The van der Waals surface area contributed by atoms with Crippen molar-refractivity contribution in [3.05, 3.63) is 94.1 Å². The van der Waals surface area contributed by atoms with Gasteiger partial charge in [0.2, 0.25) is 0 Å². The average Bonchev–Trinajstić information content (AvgIpc) is 3.13. The number of fused-ring (bicyclic) bond motifs is 1. The number of carboxylic acid groups (broad SMARTS) is 1. The number of para-hydroxylation sites is 1. The fraction of sp³-hybridized carbons (Fsp3) is 0. The molecule has 1 heterocycles. The number of nitrogens with zero attached hydrogens (tertiary/aromatic N) is 3. The normalized spacial score (nSPS) is 11.4. The van der Waals surface area contributed by atoms with Gasteiger partial charge in [0.05, 0.1) is 30.3 Å². The number of aromatic amines is 1.